The van der Waals surface area contributed by atoms with E-state index >= 15 is 0 Å². The Labute approximate surface area is 308 Å². The number of hydrogen-bond acceptors (Lipinski definition) is 4. The van der Waals surface area contributed by atoms with Gasteiger partial charge in [0.25, 0.3) is 0 Å². The van der Waals surface area contributed by atoms with Gasteiger partial charge in [-0.15, -0.1) is 0 Å². The average Bonchev–Trinajstić information content (AvgIpc) is 3.19. The van der Waals surface area contributed by atoms with Gasteiger partial charge in [0, 0.05) is 51.8 Å². The lowest BCUT2D eigenvalue weighted by Crippen LogP contribution is -2.56. The molecule has 1 aliphatic heterocycles. The van der Waals surface area contributed by atoms with Crippen molar-refractivity contribution in [1.82, 2.24) is 14.7 Å². The van der Waals surface area contributed by atoms with E-state index in [4.69, 9.17) is 4.74 Å². The molecule has 0 spiro atoms. The molecule has 1 atom stereocenters. The normalized spacial score (nSPS) is 14.2. The Morgan fingerprint density at radius 3 is 1.83 bits per heavy atom. The Morgan fingerprint density at radius 1 is 0.679 bits per heavy atom. The molecule has 6 rings (SSSR count). The number of carbonyl (C=O) groups excluding carboxylic acids is 2. The lowest BCUT2D eigenvalue weighted by molar-refractivity contribution is -0.145. The minimum Gasteiger partial charge on any atom is -0.489 e. The molecule has 1 heterocycles. The second kappa shape index (κ2) is 17.7. The van der Waals surface area contributed by atoms with Crippen molar-refractivity contribution in [3.05, 3.63) is 179 Å². The van der Waals surface area contributed by atoms with E-state index in [9.17, 15) is 22.8 Å². The quantitative estimate of drug-likeness (QED) is 0.115. The SMILES string of the molecule is O=C([C@H](Cc1ccccc1)N(Cc1ccc(OCc2ccccc2)cc1)C(=O)/C=C/c1ccc(C(F)(F)F)cc1)N1CCN(Cc2ccccc2)CC1. The summed E-state index contributed by atoms with van der Waals surface area (Å²) in [5.41, 5.74) is 3.62. The summed E-state index contributed by atoms with van der Waals surface area (Å²) in [6.07, 6.45) is -1.34. The number of benzene rings is 5. The highest BCUT2D eigenvalue weighted by Gasteiger charge is 2.34. The Hall–Kier alpha value is -5.67. The summed E-state index contributed by atoms with van der Waals surface area (Å²) in [5, 5.41) is 0. The first-order chi connectivity index (χ1) is 25.7. The molecule has 6 nitrogen and oxygen atoms in total. The van der Waals surface area contributed by atoms with Crippen LogP contribution in [0.2, 0.25) is 0 Å². The van der Waals surface area contributed by atoms with Crippen LogP contribution in [0.15, 0.2) is 146 Å². The molecule has 0 radical (unpaired) electrons. The van der Waals surface area contributed by atoms with Crippen molar-refractivity contribution in [2.45, 2.75) is 38.3 Å². The molecule has 0 N–H and O–H groups in total. The Bertz CT molecular complexity index is 1930. The molecule has 1 saturated heterocycles. The maximum Gasteiger partial charge on any atom is 0.416 e. The Kier molecular flexibility index (Phi) is 12.4. The fourth-order valence-corrected chi connectivity index (χ4v) is 6.36. The van der Waals surface area contributed by atoms with Crippen molar-refractivity contribution >= 4 is 17.9 Å². The Morgan fingerprint density at radius 2 is 1.25 bits per heavy atom. The molecule has 0 aliphatic carbocycles. The zero-order valence-electron chi connectivity index (χ0n) is 29.4. The largest absolute Gasteiger partial charge is 0.489 e. The van der Waals surface area contributed by atoms with Crippen molar-refractivity contribution < 1.29 is 27.5 Å². The van der Waals surface area contributed by atoms with Crippen LogP contribution in [-0.4, -0.2) is 58.7 Å². The number of amides is 2. The number of piperazine rings is 1. The van der Waals surface area contributed by atoms with E-state index in [1.165, 1.54) is 29.8 Å². The van der Waals surface area contributed by atoms with Crippen LogP contribution in [0, 0.1) is 0 Å². The zero-order chi connectivity index (χ0) is 37.0. The van der Waals surface area contributed by atoms with Gasteiger partial charge in [0.15, 0.2) is 0 Å². The van der Waals surface area contributed by atoms with Gasteiger partial charge in [-0.3, -0.25) is 14.5 Å². The summed E-state index contributed by atoms with van der Waals surface area (Å²) in [6, 6.07) is 40.9. The van der Waals surface area contributed by atoms with E-state index in [0.717, 1.165) is 35.4 Å². The van der Waals surface area contributed by atoms with Gasteiger partial charge in [-0.2, -0.15) is 13.2 Å². The number of ether oxygens (including phenoxy) is 1. The number of carbonyl (C=O) groups is 2. The number of alkyl halides is 3. The summed E-state index contributed by atoms with van der Waals surface area (Å²) in [7, 11) is 0. The van der Waals surface area contributed by atoms with Crippen LogP contribution in [-0.2, 0) is 41.9 Å². The first kappa shape index (κ1) is 37.1. The molecular formula is C44H42F3N3O3. The van der Waals surface area contributed by atoms with Crippen LogP contribution in [0.25, 0.3) is 6.08 Å². The number of nitrogens with zero attached hydrogens (tertiary/aromatic N) is 3. The standard InChI is InChI=1S/C44H42F3N3O3/c45-44(46,47)39-21-16-34(17-22-39)20-25-42(51)50(32-37-18-23-40(24-19-37)53-33-38-14-8-3-9-15-38)41(30-35-10-4-1-5-11-35)43(52)49-28-26-48(27-29-49)31-36-12-6-2-7-13-36/h1-25,41H,26-33H2/b25-20+/t41-/m0/s1. The summed E-state index contributed by atoms with van der Waals surface area (Å²) >= 11 is 0. The van der Waals surface area contributed by atoms with Crippen LogP contribution < -0.4 is 4.74 Å². The molecule has 2 amide bonds. The molecule has 1 fully saturated rings. The number of hydrogen-bond donors (Lipinski definition) is 0. The van der Waals surface area contributed by atoms with Gasteiger partial charge in [-0.25, -0.2) is 0 Å². The molecule has 9 heteroatoms. The highest BCUT2D eigenvalue weighted by molar-refractivity contribution is 5.95. The maximum absolute atomic E-state index is 14.5. The molecule has 0 aromatic heterocycles. The van der Waals surface area contributed by atoms with Crippen LogP contribution in [0.4, 0.5) is 13.2 Å². The molecule has 272 valence electrons. The summed E-state index contributed by atoms with van der Waals surface area (Å²) < 4.78 is 45.5. The molecule has 5 aromatic rings. The van der Waals surface area contributed by atoms with Crippen molar-refractivity contribution in [3.63, 3.8) is 0 Å². The van der Waals surface area contributed by atoms with Gasteiger partial charge >= 0.3 is 6.18 Å². The molecule has 0 unspecified atom stereocenters. The second-order valence-electron chi connectivity index (χ2n) is 13.1. The van der Waals surface area contributed by atoms with Crippen molar-refractivity contribution in [1.29, 1.82) is 0 Å². The fraction of sp³-hybridized carbons (Fsp3) is 0.227. The predicted molar refractivity (Wildman–Crippen MR) is 200 cm³/mol. The lowest BCUT2D eigenvalue weighted by atomic mass is 10.0. The third-order valence-corrected chi connectivity index (χ3v) is 9.33. The third-order valence-electron chi connectivity index (χ3n) is 9.33. The highest BCUT2D eigenvalue weighted by Crippen LogP contribution is 2.29. The monoisotopic (exact) mass is 717 g/mol. The van der Waals surface area contributed by atoms with Crippen molar-refractivity contribution in [2.75, 3.05) is 26.2 Å². The smallest absolute Gasteiger partial charge is 0.416 e. The van der Waals surface area contributed by atoms with E-state index in [2.05, 4.69) is 17.0 Å². The molecule has 53 heavy (non-hydrogen) atoms. The van der Waals surface area contributed by atoms with Gasteiger partial charge < -0.3 is 14.5 Å². The topological polar surface area (TPSA) is 53.1 Å². The number of halogens is 3. The maximum atomic E-state index is 14.5. The van der Waals surface area contributed by atoms with E-state index in [1.807, 2.05) is 108 Å². The third kappa shape index (κ3) is 10.7. The minimum atomic E-state index is -4.46. The summed E-state index contributed by atoms with van der Waals surface area (Å²) in [5.74, 6) is 0.0987. The zero-order valence-corrected chi connectivity index (χ0v) is 29.4. The predicted octanol–water partition coefficient (Wildman–Crippen LogP) is 8.28. The van der Waals surface area contributed by atoms with Gasteiger partial charge in [0.05, 0.1) is 5.56 Å². The van der Waals surface area contributed by atoms with E-state index < -0.39 is 23.7 Å². The van der Waals surface area contributed by atoms with Gasteiger partial charge in [-0.05, 0) is 58.2 Å². The van der Waals surface area contributed by atoms with Crippen molar-refractivity contribution in [2.24, 2.45) is 0 Å². The first-order valence-corrected chi connectivity index (χ1v) is 17.7. The Balaban J connectivity index is 1.24. The average molecular weight is 718 g/mol. The molecule has 1 aliphatic rings. The van der Waals surface area contributed by atoms with E-state index in [0.29, 0.717) is 50.5 Å². The van der Waals surface area contributed by atoms with Gasteiger partial charge in [-0.1, -0.05) is 115 Å². The highest BCUT2D eigenvalue weighted by atomic mass is 19.4. The lowest BCUT2D eigenvalue weighted by Gasteiger charge is -2.39. The summed E-state index contributed by atoms with van der Waals surface area (Å²) in [6.45, 7) is 3.77. The van der Waals surface area contributed by atoms with E-state index in [1.54, 1.807) is 4.90 Å². The molecule has 0 saturated carbocycles. The molecule has 5 aromatic carbocycles. The molecular weight excluding hydrogens is 675 g/mol. The van der Waals surface area contributed by atoms with Crippen molar-refractivity contribution in [3.8, 4) is 5.75 Å². The summed E-state index contributed by atoms with van der Waals surface area (Å²) in [4.78, 5) is 34.5. The first-order valence-electron chi connectivity index (χ1n) is 17.7. The number of rotatable bonds is 13. The van der Waals surface area contributed by atoms with Crippen LogP contribution in [0.1, 0.15) is 33.4 Å². The van der Waals surface area contributed by atoms with Crippen LogP contribution >= 0.6 is 0 Å². The van der Waals surface area contributed by atoms with Gasteiger partial charge in [0.2, 0.25) is 11.8 Å². The fourth-order valence-electron chi connectivity index (χ4n) is 6.36. The second-order valence-corrected chi connectivity index (χ2v) is 13.1. The molecule has 0 bridgehead atoms. The minimum absolute atomic E-state index is 0.131. The van der Waals surface area contributed by atoms with E-state index in [-0.39, 0.29) is 12.5 Å². The van der Waals surface area contributed by atoms with Crippen LogP contribution in [0.3, 0.4) is 0 Å². The van der Waals surface area contributed by atoms with Crippen LogP contribution in [0.5, 0.6) is 5.75 Å². The van der Waals surface area contributed by atoms with Gasteiger partial charge in [0.1, 0.15) is 18.4 Å².